The molecule has 1 N–H and O–H groups in total. The van der Waals surface area contributed by atoms with Gasteiger partial charge in [0, 0.05) is 18.5 Å². The number of nitrogens with one attached hydrogen (secondary N) is 1. The van der Waals surface area contributed by atoms with Crippen LogP contribution in [0.15, 0.2) is 24.3 Å². The van der Waals surface area contributed by atoms with Crippen LogP contribution in [0, 0.1) is 5.92 Å². The Kier molecular flexibility index (Phi) is 4.39. The van der Waals surface area contributed by atoms with Crippen LogP contribution in [0.3, 0.4) is 0 Å². The molecule has 2 aliphatic rings. The van der Waals surface area contributed by atoms with Crippen LogP contribution < -0.4 is 10.1 Å². The highest BCUT2D eigenvalue weighted by Crippen LogP contribution is 2.26. The van der Waals surface area contributed by atoms with Gasteiger partial charge in [-0.25, -0.2) is 0 Å². The number of hydrogen-bond acceptors (Lipinski definition) is 2. The van der Waals surface area contributed by atoms with Crippen molar-refractivity contribution in [2.75, 3.05) is 13.2 Å². The van der Waals surface area contributed by atoms with Crippen LogP contribution in [-0.2, 0) is 6.42 Å². The van der Waals surface area contributed by atoms with Gasteiger partial charge in [-0.05, 0) is 30.9 Å². The van der Waals surface area contributed by atoms with Gasteiger partial charge in [0.05, 0.1) is 6.61 Å². The fourth-order valence-electron chi connectivity index (χ4n) is 3.34. The normalized spacial score (nSPS) is 24.3. The maximum Gasteiger partial charge on any atom is 0.122 e. The molecule has 1 heterocycles. The van der Waals surface area contributed by atoms with Crippen molar-refractivity contribution in [3.63, 3.8) is 0 Å². The molecule has 1 saturated carbocycles. The highest BCUT2D eigenvalue weighted by molar-refractivity contribution is 5.35. The molecule has 3 rings (SSSR count). The van der Waals surface area contributed by atoms with Crippen LogP contribution >= 0.6 is 0 Å². The number of ether oxygens (including phenoxy) is 1. The van der Waals surface area contributed by atoms with E-state index in [1.165, 1.54) is 44.1 Å². The molecule has 0 bridgehead atoms. The third-order valence-electron chi connectivity index (χ3n) is 4.51. The van der Waals surface area contributed by atoms with Gasteiger partial charge in [0.15, 0.2) is 0 Å². The summed E-state index contributed by atoms with van der Waals surface area (Å²) in [4.78, 5) is 0. The Morgan fingerprint density at radius 1 is 1.05 bits per heavy atom. The predicted molar refractivity (Wildman–Crippen MR) is 78.6 cm³/mol. The van der Waals surface area contributed by atoms with E-state index in [2.05, 4.69) is 29.6 Å². The molecule has 0 aromatic heterocycles. The second kappa shape index (κ2) is 6.42. The lowest BCUT2D eigenvalue weighted by Gasteiger charge is -2.27. The standard InChI is InChI=1S/C17H25NO/c1-2-4-9-16(8-3-1)18-12-14-11-15-7-5-6-10-17(15)19-13-14/h5-7,10,14,16,18H,1-4,8-9,11-13H2. The first-order chi connectivity index (χ1) is 9.42. The minimum atomic E-state index is 0.637. The minimum Gasteiger partial charge on any atom is -0.493 e. The summed E-state index contributed by atoms with van der Waals surface area (Å²) in [5, 5.41) is 3.78. The molecule has 1 aromatic rings. The van der Waals surface area contributed by atoms with E-state index in [4.69, 9.17) is 4.74 Å². The fourth-order valence-corrected chi connectivity index (χ4v) is 3.34. The van der Waals surface area contributed by atoms with Crippen molar-refractivity contribution in [1.82, 2.24) is 5.32 Å². The summed E-state index contributed by atoms with van der Waals surface area (Å²) < 4.78 is 5.86. The van der Waals surface area contributed by atoms with Crippen LogP contribution in [0.1, 0.15) is 44.1 Å². The molecule has 1 aliphatic carbocycles. The first-order valence-corrected chi connectivity index (χ1v) is 7.86. The van der Waals surface area contributed by atoms with Gasteiger partial charge in [-0.15, -0.1) is 0 Å². The lowest BCUT2D eigenvalue weighted by molar-refractivity contribution is 0.213. The summed E-state index contributed by atoms with van der Waals surface area (Å²) in [6, 6.07) is 9.21. The first-order valence-electron chi connectivity index (χ1n) is 7.86. The number of hydrogen-bond donors (Lipinski definition) is 1. The van der Waals surface area contributed by atoms with E-state index in [1.54, 1.807) is 0 Å². The van der Waals surface area contributed by atoms with E-state index in [0.717, 1.165) is 31.4 Å². The highest BCUT2D eigenvalue weighted by Gasteiger charge is 2.20. The Morgan fingerprint density at radius 3 is 2.68 bits per heavy atom. The van der Waals surface area contributed by atoms with Gasteiger partial charge < -0.3 is 10.1 Å². The van der Waals surface area contributed by atoms with Gasteiger partial charge in [-0.1, -0.05) is 43.9 Å². The monoisotopic (exact) mass is 259 g/mol. The van der Waals surface area contributed by atoms with E-state index in [0.29, 0.717) is 5.92 Å². The zero-order chi connectivity index (χ0) is 12.9. The van der Waals surface area contributed by atoms with Gasteiger partial charge in [0.25, 0.3) is 0 Å². The summed E-state index contributed by atoms with van der Waals surface area (Å²) in [6.07, 6.45) is 9.56. The summed E-state index contributed by atoms with van der Waals surface area (Å²) in [5.41, 5.74) is 1.38. The van der Waals surface area contributed by atoms with E-state index in [1.807, 2.05) is 0 Å². The Bertz CT molecular complexity index is 396. The van der Waals surface area contributed by atoms with Crippen molar-refractivity contribution in [1.29, 1.82) is 0 Å². The predicted octanol–water partition coefficient (Wildman–Crippen LogP) is 3.55. The average Bonchev–Trinajstić information content (AvgIpc) is 2.73. The van der Waals surface area contributed by atoms with Crippen LogP contribution in [0.5, 0.6) is 5.75 Å². The largest absolute Gasteiger partial charge is 0.493 e. The van der Waals surface area contributed by atoms with Crippen LogP contribution in [-0.4, -0.2) is 19.2 Å². The summed E-state index contributed by atoms with van der Waals surface area (Å²) in [6.45, 7) is 1.98. The average molecular weight is 259 g/mol. The Hall–Kier alpha value is -1.02. The Morgan fingerprint density at radius 2 is 1.84 bits per heavy atom. The van der Waals surface area contributed by atoms with E-state index >= 15 is 0 Å². The molecular weight excluding hydrogens is 234 g/mol. The quantitative estimate of drug-likeness (QED) is 0.838. The molecule has 104 valence electrons. The molecule has 1 aliphatic heterocycles. The van der Waals surface area contributed by atoms with Crippen molar-refractivity contribution in [3.8, 4) is 5.75 Å². The highest BCUT2D eigenvalue weighted by atomic mass is 16.5. The topological polar surface area (TPSA) is 21.3 Å². The number of fused-ring (bicyclic) bond motifs is 1. The second-order valence-electron chi connectivity index (χ2n) is 6.09. The second-order valence-corrected chi connectivity index (χ2v) is 6.09. The maximum absolute atomic E-state index is 5.86. The maximum atomic E-state index is 5.86. The molecule has 0 radical (unpaired) electrons. The molecule has 0 spiro atoms. The molecule has 0 amide bonds. The van der Waals surface area contributed by atoms with Gasteiger partial charge >= 0.3 is 0 Å². The molecule has 1 fully saturated rings. The lowest BCUT2D eigenvalue weighted by atomic mass is 9.96. The fraction of sp³-hybridized carbons (Fsp3) is 0.647. The smallest absolute Gasteiger partial charge is 0.122 e. The van der Waals surface area contributed by atoms with E-state index < -0.39 is 0 Å². The molecule has 1 atom stereocenters. The molecule has 2 nitrogen and oxygen atoms in total. The molecule has 19 heavy (non-hydrogen) atoms. The number of rotatable bonds is 3. The van der Waals surface area contributed by atoms with Crippen molar-refractivity contribution >= 4 is 0 Å². The molecule has 1 unspecified atom stereocenters. The summed E-state index contributed by atoms with van der Waals surface area (Å²) >= 11 is 0. The van der Waals surface area contributed by atoms with E-state index in [9.17, 15) is 0 Å². The third-order valence-corrected chi connectivity index (χ3v) is 4.51. The number of para-hydroxylation sites is 1. The Labute approximate surface area is 116 Å². The number of benzene rings is 1. The Balaban J connectivity index is 1.49. The van der Waals surface area contributed by atoms with Gasteiger partial charge in [-0.2, -0.15) is 0 Å². The van der Waals surface area contributed by atoms with Crippen molar-refractivity contribution in [2.24, 2.45) is 5.92 Å². The molecular formula is C17H25NO. The first kappa shape index (κ1) is 13.0. The van der Waals surface area contributed by atoms with Crippen molar-refractivity contribution in [3.05, 3.63) is 29.8 Å². The van der Waals surface area contributed by atoms with Crippen LogP contribution in [0.25, 0.3) is 0 Å². The van der Waals surface area contributed by atoms with Crippen LogP contribution in [0.4, 0.5) is 0 Å². The molecule has 2 heteroatoms. The van der Waals surface area contributed by atoms with Gasteiger partial charge in [0.2, 0.25) is 0 Å². The van der Waals surface area contributed by atoms with Crippen LogP contribution in [0.2, 0.25) is 0 Å². The molecule has 1 aromatic carbocycles. The van der Waals surface area contributed by atoms with Gasteiger partial charge in [-0.3, -0.25) is 0 Å². The zero-order valence-corrected chi connectivity index (χ0v) is 11.7. The zero-order valence-electron chi connectivity index (χ0n) is 11.7. The summed E-state index contributed by atoms with van der Waals surface area (Å²) in [5.74, 6) is 1.73. The minimum absolute atomic E-state index is 0.637. The van der Waals surface area contributed by atoms with Gasteiger partial charge in [0.1, 0.15) is 5.75 Å². The third kappa shape index (κ3) is 3.50. The SMILES string of the molecule is c1ccc2c(c1)CC(CNC1CCCCCC1)CO2. The van der Waals surface area contributed by atoms with Crippen molar-refractivity contribution < 1.29 is 4.74 Å². The van der Waals surface area contributed by atoms with Crippen molar-refractivity contribution in [2.45, 2.75) is 51.0 Å². The molecule has 0 saturated heterocycles. The van der Waals surface area contributed by atoms with E-state index in [-0.39, 0.29) is 0 Å². The lowest BCUT2D eigenvalue weighted by Crippen LogP contribution is -2.37. The summed E-state index contributed by atoms with van der Waals surface area (Å²) in [7, 11) is 0.